The van der Waals surface area contributed by atoms with Gasteiger partial charge in [-0.1, -0.05) is 19.1 Å². The highest BCUT2D eigenvalue weighted by Gasteiger charge is 2.17. The van der Waals surface area contributed by atoms with Gasteiger partial charge in [0, 0.05) is 11.3 Å². The Hall–Kier alpha value is -1.90. The van der Waals surface area contributed by atoms with E-state index >= 15 is 0 Å². The maximum Gasteiger partial charge on any atom is 0.181 e. The third kappa shape index (κ3) is 1.78. The molecule has 0 spiro atoms. The van der Waals surface area contributed by atoms with Crippen molar-refractivity contribution in [1.82, 2.24) is 4.98 Å². The van der Waals surface area contributed by atoms with E-state index in [-0.39, 0.29) is 0 Å². The number of oxazole rings is 1. The third-order valence-corrected chi connectivity index (χ3v) is 3.34. The summed E-state index contributed by atoms with van der Waals surface area (Å²) in [4.78, 5) is 8.59. The zero-order valence-corrected chi connectivity index (χ0v) is 9.97. The fourth-order valence-electron chi connectivity index (χ4n) is 2.13. The summed E-state index contributed by atoms with van der Waals surface area (Å²) in [6.45, 7) is 4.31. The molecule has 0 N–H and O–H groups in total. The molecule has 1 aromatic heterocycles. The monoisotopic (exact) mass is 226 g/mol. The van der Waals surface area contributed by atoms with Gasteiger partial charge in [0.25, 0.3) is 0 Å². The molecule has 86 valence electrons. The van der Waals surface area contributed by atoms with Crippen molar-refractivity contribution >= 4 is 11.4 Å². The van der Waals surface area contributed by atoms with Crippen LogP contribution >= 0.6 is 0 Å². The van der Waals surface area contributed by atoms with Crippen LogP contribution in [0.15, 0.2) is 40.2 Å². The average Bonchev–Trinajstić information content (AvgIpc) is 2.83. The van der Waals surface area contributed by atoms with E-state index in [1.54, 1.807) is 6.20 Å². The first-order valence-corrected chi connectivity index (χ1v) is 5.81. The first-order chi connectivity index (χ1) is 8.24. The van der Waals surface area contributed by atoms with Crippen molar-refractivity contribution in [1.29, 1.82) is 0 Å². The summed E-state index contributed by atoms with van der Waals surface area (Å²) in [5.74, 6) is 1.33. The Morgan fingerprint density at radius 3 is 3.00 bits per heavy atom. The molecule has 0 saturated carbocycles. The Morgan fingerprint density at radius 2 is 2.24 bits per heavy atom. The van der Waals surface area contributed by atoms with Gasteiger partial charge in [-0.25, -0.2) is 4.98 Å². The second-order valence-corrected chi connectivity index (χ2v) is 4.57. The quantitative estimate of drug-likeness (QED) is 0.744. The lowest BCUT2D eigenvalue weighted by Crippen LogP contribution is -2.14. The lowest BCUT2D eigenvalue weighted by atomic mass is 9.92. The molecule has 3 rings (SSSR count). The number of nitrogens with zero attached hydrogens (tertiary/aromatic N) is 2. The number of aliphatic imine (C=N–C) groups is 1. The first-order valence-electron chi connectivity index (χ1n) is 5.81. The normalized spacial score (nSPS) is 18.7. The molecule has 2 heterocycles. The van der Waals surface area contributed by atoms with Crippen molar-refractivity contribution in [3.05, 3.63) is 36.4 Å². The van der Waals surface area contributed by atoms with Gasteiger partial charge >= 0.3 is 0 Å². The fraction of sp³-hybridized carbons (Fsp3) is 0.286. The summed E-state index contributed by atoms with van der Waals surface area (Å²) in [5.41, 5.74) is 4.61. The van der Waals surface area contributed by atoms with Crippen LogP contribution in [0.4, 0.5) is 5.69 Å². The van der Waals surface area contributed by atoms with Gasteiger partial charge < -0.3 is 4.42 Å². The van der Waals surface area contributed by atoms with E-state index in [2.05, 4.69) is 42.0 Å². The van der Waals surface area contributed by atoms with Crippen molar-refractivity contribution in [3.8, 4) is 11.3 Å². The van der Waals surface area contributed by atoms with Gasteiger partial charge in [-0.15, -0.1) is 0 Å². The molecule has 1 aliphatic heterocycles. The molecule has 1 aliphatic rings. The molecule has 0 bridgehead atoms. The van der Waals surface area contributed by atoms with Gasteiger partial charge in [0.15, 0.2) is 12.2 Å². The molecule has 0 radical (unpaired) electrons. The Balaban J connectivity index is 2.07. The number of aromatic nitrogens is 1. The highest BCUT2D eigenvalue weighted by atomic mass is 16.3. The number of hydrogen-bond donors (Lipinski definition) is 0. The zero-order valence-electron chi connectivity index (χ0n) is 9.97. The fourth-order valence-corrected chi connectivity index (χ4v) is 2.13. The van der Waals surface area contributed by atoms with E-state index < -0.39 is 0 Å². The Kier molecular flexibility index (Phi) is 2.32. The van der Waals surface area contributed by atoms with Crippen LogP contribution in [0.2, 0.25) is 0 Å². The van der Waals surface area contributed by atoms with Gasteiger partial charge in [0.1, 0.15) is 0 Å². The number of hydrogen-bond acceptors (Lipinski definition) is 3. The van der Waals surface area contributed by atoms with Gasteiger partial charge in [0.2, 0.25) is 0 Å². The molecule has 0 aliphatic carbocycles. The van der Waals surface area contributed by atoms with Crippen LogP contribution in [0, 0.1) is 5.92 Å². The van der Waals surface area contributed by atoms with Crippen LogP contribution in [0.3, 0.4) is 0 Å². The molecule has 3 heteroatoms. The van der Waals surface area contributed by atoms with Crippen LogP contribution in [-0.4, -0.2) is 10.7 Å². The summed E-state index contributed by atoms with van der Waals surface area (Å²) in [7, 11) is 0. The van der Waals surface area contributed by atoms with Crippen molar-refractivity contribution < 1.29 is 4.42 Å². The van der Waals surface area contributed by atoms with Gasteiger partial charge in [0.05, 0.1) is 11.9 Å². The van der Waals surface area contributed by atoms with Crippen molar-refractivity contribution in [2.75, 3.05) is 0 Å². The van der Waals surface area contributed by atoms with Crippen molar-refractivity contribution in [2.24, 2.45) is 10.9 Å². The number of benzene rings is 1. The molecule has 17 heavy (non-hydrogen) atoms. The number of rotatable bonds is 1. The van der Waals surface area contributed by atoms with Gasteiger partial charge in [-0.05, 0) is 30.9 Å². The molecule has 0 saturated heterocycles. The molecule has 1 unspecified atom stereocenters. The minimum atomic E-state index is 0.540. The van der Waals surface area contributed by atoms with Crippen LogP contribution in [0.25, 0.3) is 11.3 Å². The van der Waals surface area contributed by atoms with E-state index in [0.717, 1.165) is 23.4 Å². The maximum absolute atomic E-state index is 5.30. The van der Waals surface area contributed by atoms with E-state index in [1.165, 1.54) is 17.7 Å². The molecule has 0 fully saturated rings. The van der Waals surface area contributed by atoms with Crippen LogP contribution < -0.4 is 0 Å². The van der Waals surface area contributed by atoms with Crippen LogP contribution in [0.5, 0.6) is 0 Å². The molecule has 0 amide bonds. The van der Waals surface area contributed by atoms with Gasteiger partial charge in [-0.3, -0.25) is 4.99 Å². The van der Waals surface area contributed by atoms with Crippen molar-refractivity contribution in [3.63, 3.8) is 0 Å². The SMILES string of the molecule is CC1=Nc2cc(-c3cnco3)ccc2CC1C. The molecule has 1 aromatic carbocycles. The summed E-state index contributed by atoms with van der Waals surface area (Å²) in [6.07, 6.45) is 4.25. The second-order valence-electron chi connectivity index (χ2n) is 4.57. The summed E-state index contributed by atoms with van der Waals surface area (Å²) >= 11 is 0. The molecule has 3 nitrogen and oxygen atoms in total. The van der Waals surface area contributed by atoms with E-state index in [0.29, 0.717) is 5.92 Å². The maximum atomic E-state index is 5.30. The van der Waals surface area contributed by atoms with Crippen LogP contribution in [0.1, 0.15) is 19.4 Å². The molecule has 2 aromatic rings. The first kappa shape index (κ1) is 10.3. The highest BCUT2D eigenvalue weighted by Crippen LogP contribution is 2.32. The Bertz CT molecular complexity index is 570. The number of fused-ring (bicyclic) bond motifs is 1. The Labute approximate surface area is 100 Å². The highest BCUT2D eigenvalue weighted by molar-refractivity contribution is 5.89. The van der Waals surface area contributed by atoms with Crippen LogP contribution in [-0.2, 0) is 6.42 Å². The summed E-state index contributed by atoms with van der Waals surface area (Å²) < 4.78 is 5.30. The molecular formula is C14H14N2O. The van der Waals surface area contributed by atoms with Gasteiger partial charge in [-0.2, -0.15) is 0 Å². The standard InChI is InChI=1S/C14H14N2O/c1-9-5-11-3-4-12(14-7-15-8-17-14)6-13(11)16-10(9)2/h3-4,6-9H,5H2,1-2H3. The lowest BCUT2D eigenvalue weighted by Gasteiger charge is -2.19. The topological polar surface area (TPSA) is 38.4 Å². The molecular weight excluding hydrogens is 212 g/mol. The predicted octanol–water partition coefficient (Wildman–Crippen LogP) is 3.63. The molecule has 1 atom stereocenters. The lowest BCUT2D eigenvalue weighted by molar-refractivity contribution is 0.572. The second kappa shape index (κ2) is 3.84. The third-order valence-electron chi connectivity index (χ3n) is 3.34. The minimum Gasteiger partial charge on any atom is -0.444 e. The predicted molar refractivity (Wildman–Crippen MR) is 67.6 cm³/mol. The summed E-state index contributed by atoms with van der Waals surface area (Å²) in [6, 6.07) is 6.28. The van der Waals surface area contributed by atoms with Crippen molar-refractivity contribution in [2.45, 2.75) is 20.3 Å². The smallest absolute Gasteiger partial charge is 0.181 e. The van der Waals surface area contributed by atoms with E-state index in [1.807, 2.05) is 0 Å². The zero-order chi connectivity index (χ0) is 11.8. The largest absolute Gasteiger partial charge is 0.444 e. The minimum absolute atomic E-state index is 0.540. The Morgan fingerprint density at radius 1 is 1.35 bits per heavy atom. The van der Waals surface area contributed by atoms with E-state index in [9.17, 15) is 0 Å². The van der Waals surface area contributed by atoms with E-state index in [4.69, 9.17) is 4.42 Å². The summed E-state index contributed by atoms with van der Waals surface area (Å²) in [5, 5.41) is 0. The average molecular weight is 226 g/mol.